The molecule has 0 aromatic heterocycles. The summed E-state index contributed by atoms with van der Waals surface area (Å²) in [7, 11) is 0. The van der Waals surface area contributed by atoms with Gasteiger partial charge in [-0.05, 0) is 25.3 Å². The predicted octanol–water partition coefficient (Wildman–Crippen LogP) is 2.73. The molecule has 0 bridgehead atoms. The summed E-state index contributed by atoms with van der Waals surface area (Å²) in [6.07, 6.45) is 4.11. The quantitative estimate of drug-likeness (QED) is 0.783. The Balaban J connectivity index is 1.91. The zero-order valence-corrected chi connectivity index (χ0v) is 11.9. The Labute approximate surface area is 115 Å². The summed E-state index contributed by atoms with van der Waals surface area (Å²) in [5.41, 5.74) is 1.80. The fraction of sp³-hybridized carbons (Fsp3) is 0.625. The molecule has 0 spiro atoms. The van der Waals surface area contributed by atoms with Crippen LogP contribution in [0.3, 0.4) is 0 Å². The molecule has 2 unspecified atom stereocenters. The number of benzene rings is 1. The molecule has 1 fully saturated rings. The van der Waals surface area contributed by atoms with E-state index in [0.29, 0.717) is 12.3 Å². The third-order valence-electron chi connectivity index (χ3n) is 4.45. The lowest BCUT2D eigenvalue weighted by atomic mass is 9.73. The van der Waals surface area contributed by atoms with E-state index < -0.39 is 0 Å². The molecule has 3 nitrogen and oxygen atoms in total. The normalized spacial score (nSPS) is 27.4. The van der Waals surface area contributed by atoms with E-state index >= 15 is 0 Å². The van der Waals surface area contributed by atoms with Gasteiger partial charge in [0.2, 0.25) is 0 Å². The van der Waals surface area contributed by atoms with E-state index in [4.69, 9.17) is 0 Å². The number of para-hydroxylation sites is 1. The first-order valence-corrected chi connectivity index (χ1v) is 7.19. The van der Waals surface area contributed by atoms with Crippen molar-refractivity contribution in [3.8, 4) is 5.75 Å². The van der Waals surface area contributed by atoms with Gasteiger partial charge in [-0.15, -0.1) is 0 Å². The maximum absolute atomic E-state index is 10.1. The maximum Gasteiger partial charge on any atom is 0.122 e. The van der Waals surface area contributed by atoms with Gasteiger partial charge < -0.3 is 15.5 Å². The van der Waals surface area contributed by atoms with Crippen molar-refractivity contribution in [2.45, 2.75) is 52.2 Å². The highest BCUT2D eigenvalue weighted by Gasteiger charge is 2.34. The molecular formula is C16H25NO2. The second kappa shape index (κ2) is 5.93. The first-order valence-electron chi connectivity index (χ1n) is 7.19. The summed E-state index contributed by atoms with van der Waals surface area (Å²) in [5.74, 6) is 0.379. The summed E-state index contributed by atoms with van der Waals surface area (Å²) in [6.45, 7) is 5.50. The Morgan fingerprint density at radius 1 is 1.37 bits per heavy atom. The van der Waals surface area contributed by atoms with Crippen LogP contribution in [0.25, 0.3) is 0 Å². The standard InChI is InChI=1S/C16H25NO2/c1-12-6-5-7-13(15(12)19)10-17-11-16(2)9-4-3-8-14(16)18/h5-7,14,17-19H,3-4,8-11H2,1-2H3. The van der Waals surface area contributed by atoms with Gasteiger partial charge in [-0.1, -0.05) is 38.0 Å². The Hall–Kier alpha value is -1.06. The fourth-order valence-electron chi connectivity index (χ4n) is 2.93. The van der Waals surface area contributed by atoms with Crippen molar-refractivity contribution in [1.82, 2.24) is 5.32 Å². The van der Waals surface area contributed by atoms with Crippen molar-refractivity contribution in [1.29, 1.82) is 0 Å². The van der Waals surface area contributed by atoms with Crippen LogP contribution in [0, 0.1) is 12.3 Å². The van der Waals surface area contributed by atoms with Gasteiger partial charge in [0.25, 0.3) is 0 Å². The van der Waals surface area contributed by atoms with Crippen LogP contribution in [0.15, 0.2) is 18.2 Å². The third kappa shape index (κ3) is 3.28. The molecular weight excluding hydrogens is 238 g/mol. The number of hydrogen-bond acceptors (Lipinski definition) is 3. The van der Waals surface area contributed by atoms with Crippen LogP contribution in [0.1, 0.15) is 43.7 Å². The van der Waals surface area contributed by atoms with Crippen molar-refractivity contribution in [3.05, 3.63) is 29.3 Å². The summed E-state index contributed by atoms with van der Waals surface area (Å²) in [5, 5.41) is 23.5. The minimum absolute atomic E-state index is 0.0301. The maximum atomic E-state index is 10.1. The number of phenols is 1. The minimum Gasteiger partial charge on any atom is -0.507 e. The number of aliphatic hydroxyl groups is 1. The van der Waals surface area contributed by atoms with E-state index in [9.17, 15) is 10.2 Å². The zero-order chi connectivity index (χ0) is 13.9. The number of aryl methyl sites for hydroxylation is 1. The van der Waals surface area contributed by atoms with Crippen molar-refractivity contribution in [3.63, 3.8) is 0 Å². The molecule has 1 saturated carbocycles. The summed E-state index contributed by atoms with van der Waals surface area (Å²) >= 11 is 0. The van der Waals surface area contributed by atoms with Gasteiger partial charge in [0.05, 0.1) is 6.10 Å². The van der Waals surface area contributed by atoms with Gasteiger partial charge in [-0.25, -0.2) is 0 Å². The van der Waals surface area contributed by atoms with Crippen LogP contribution in [0.4, 0.5) is 0 Å². The van der Waals surface area contributed by atoms with Crippen LogP contribution in [0.2, 0.25) is 0 Å². The van der Waals surface area contributed by atoms with Crippen molar-refractivity contribution in [2.75, 3.05) is 6.54 Å². The fourth-order valence-corrected chi connectivity index (χ4v) is 2.93. The Kier molecular flexibility index (Phi) is 4.48. The molecule has 1 aliphatic carbocycles. The van der Waals surface area contributed by atoms with E-state index in [1.54, 1.807) is 0 Å². The number of hydrogen-bond donors (Lipinski definition) is 3. The SMILES string of the molecule is Cc1cccc(CNCC2(C)CCCCC2O)c1O. The Bertz CT molecular complexity index is 433. The van der Waals surface area contributed by atoms with Gasteiger partial charge in [-0.3, -0.25) is 0 Å². The lowest BCUT2D eigenvalue weighted by Crippen LogP contribution is -2.43. The molecule has 1 aliphatic rings. The molecule has 2 rings (SSSR count). The number of aromatic hydroxyl groups is 1. The summed E-state index contributed by atoms with van der Waals surface area (Å²) in [4.78, 5) is 0. The number of nitrogens with one attached hydrogen (secondary N) is 1. The lowest BCUT2D eigenvalue weighted by Gasteiger charge is -2.38. The van der Waals surface area contributed by atoms with Crippen LogP contribution in [-0.4, -0.2) is 22.9 Å². The van der Waals surface area contributed by atoms with E-state index in [1.165, 1.54) is 6.42 Å². The monoisotopic (exact) mass is 263 g/mol. The van der Waals surface area contributed by atoms with Crippen LogP contribution >= 0.6 is 0 Å². The highest BCUT2D eigenvalue weighted by molar-refractivity contribution is 5.39. The first-order chi connectivity index (χ1) is 9.03. The van der Waals surface area contributed by atoms with E-state index in [-0.39, 0.29) is 11.5 Å². The average molecular weight is 263 g/mol. The van der Waals surface area contributed by atoms with Gasteiger partial charge in [0.1, 0.15) is 5.75 Å². The predicted molar refractivity (Wildman–Crippen MR) is 77.1 cm³/mol. The Morgan fingerprint density at radius 2 is 2.16 bits per heavy atom. The van der Waals surface area contributed by atoms with Crippen molar-refractivity contribution in [2.24, 2.45) is 5.41 Å². The molecule has 0 aliphatic heterocycles. The van der Waals surface area contributed by atoms with Gasteiger partial charge in [0, 0.05) is 24.1 Å². The molecule has 0 heterocycles. The lowest BCUT2D eigenvalue weighted by molar-refractivity contribution is 0.00113. The van der Waals surface area contributed by atoms with Gasteiger partial charge in [0.15, 0.2) is 0 Å². The highest BCUT2D eigenvalue weighted by Crippen LogP contribution is 2.35. The van der Waals surface area contributed by atoms with Crippen LogP contribution in [-0.2, 0) is 6.54 Å². The Morgan fingerprint density at radius 3 is 2.89 bits per heavy atom. The molecule has 3 heteroatoms. The molecule has 3 N–H and O–H groups in total. The summed E-state index contributed by atoms with van der Waals surface area (Å²) < 4.78 is 0. The third-order valence-corrected chi connectivity index (χ3v) is 4.45. The molecule has 106 valence electrons. The second-order valence-corrected chi connectivity index (χ2v) is 6.10. The van der Waals surface area contributed by atoms with Crippen LogP contribution in [0.5, 0.6) is 5.75 Å². The smallest absolute Gasteiger partial charge is 0.122 e. The van der Waals surface area contributed by atoms with E-state index in [1.807, 2.05) is 25.1 Å². The largest absolute Gasteiger partial charge is 0.507 e. The molecule has 0 amide bonds. The molecule has 1 aromatic carbocycles. The molecule has 0 radical (unpaired) electrons. The van der Waals surface area contributed by atoms with Crippen molar-refractivity contribution >= 4 is 0 Å². The van der Waals surface area contributed by atoms with E-state index in [2.05, 4.69) is 12.2 Å². The van der Waals surface area contributed by atoms with Gasteiger partial charge >= 0.3 is 0 Å². The van der Waals surface area contributed by atoms with Gasteiger partial charge in [-0.2, -0.15) is 0 Å². The van der Waals surface area contributed by atoms with Crippen LogP contribution < -0.4 is 5.32 Å². The average Bonchev–Trinajstić information content (AvgIpc) is 2.38. The summed E-state index contributed by atoms with van der Waals surface area (Å²) in [6, 6.07) is 5.81. The highest BCUT2D eigenvalue weighted by atomic mass is 16.3. The molecule has 0 saturated heterocycles. The zero-order valence-electron chi connectivity index (χ0n) is 11.9. The molecule has 1 aromatic rings. The molecule has 2 atom stereocenters. The second-order valence-electron chi connectivity index (χ2n) is 6.10. The number of aliphatic hydroxyl groups excluding tert-OH is 1. The molecule has 19 heavy (non-hydrogen) atoms. The first kappa shape index (κ1) is 14.4. The van der Waals surface area contributed by atoms with Crippen molar-refractivity contribution < 1.29 is 10.2 Å². The number of phenolic OH excluding ortho intramolecular Hbond substituents is 1. The topological polar surface area (TPSA) is 52.5 Å². The number of rotatable bonds is 4. The minimum atomic E-state index is -0.208. The van der Waals surface area contributed by atoms with E-state index in [0.717, 1.165) is 36.9 Å².